The van der Waals surface area contributed by atoms with Crippen LogP contribution in [-0.2, 0) is 21.2 Å². The molecule has 142 valence electrons. The fourth-order valence-electron chi connectivity index (χ4n) is 2.23. The maximum Gasteiger partial charge on any atom is 0.242 e. The summed E-state index contributed by atoms with van der Waals surface area (Å²) in [5.41, 5.74) is 0.500. The van der Waals surface area contributed by atoms with Crippen molar-refractivity contribution < 1.29 is 22.2 Å². The van der Waals surface area contributed by atoms with Crippen molar-refractivity contribution in [3.8, 4) is 11.6 Å². The smallest absolute Gasteiger partial charge is 0.242 e. The monoisotopic (exact) mass is 390 g/mol. The molecule has 27 heavy (non-hydrogen) atoms. The summed E-state index contributed by atoms with van der Waals surface area (Å²) in [5.74, 6) is 0.884. The maximum absolute atomic E-state index is 12.1. The molecule has 9 nitrogen and oxygen atoms in total. The maximum atomic E-state index is 12.1. The number of anilines is 1. The van der Waals surface area contributed by atoms with Gasteiger partial charge < -0.3 is 14.3 Å². The van der Waals surface area contributed by atoms with Gasteiger partial charge in [-0.15, -0.1) is 0 Å². The third-order valence-electron chi connectivity index (χ3n) is 3.69. The van der Waals surface area contributed by atoms with Crippen LogP contribution < -0.4 is 5.32 Å². The predicted molar refractivity (Wildman–Crippen MR) is 96.3 cm³/mol. The van der Waals surface area contributed by atoms with Gasteiger partial charge in [-0.1, -0.05) is 5.16 Å². The van der Waals surface area contributed by atoms with E-state index in [2.05, 4.69) is 15.5 Å². The van der Waals surface area contributed by atoms with Gasteiger partial charge in [-0.05, 0) is 36.4 Å². The lowest BCUT2D eigenvalue weighted by molar-refractivity contribution is -0.116. The van der Waals surface area contributed by atoms with Gasteiger partial charge >= 0.3 is 0 Å². The van der Waals surface area contributed by atoms with Gasteiger partial charge in [0.1, 0.15) is 0 Å². The van der Waals surface area contributed by atoms with Crippen LogP contribution in [0.25, 0.3) is 11.6 Å². The molecule has 2 aromatic heterocycles. The number of benzene rings is 1. The van der Waals surface area contributed by atoms with Crippen LogP contribution in [0, 0.1) is 0 Å². The molecule has 0 atom stereocenters. The van der Waals surface area contributed by atoms with Gasteiger partial charge in [-0.2, -0.15) is 4.98 Å². The Morgan fingerprint density at radius 2 is 1.93 bits per heavy atom. The summed E-state index contributed by atoms with van der Waals surface area (Å²) < 4.78 is 35.4. The van der Waals surface area contributed by atoms with Gasteiger partial charge in [-0.3, -0.25) is 4.79 Å². The molecule has 0 aliphatic carbocycles. The highest BCUT2D eigenvalue weighted by Gasteiger charge is 2.17. The number of aromatic nitrogens is 2. The summed E-state index contributed by atoms with van der Waals surface area (Å²) in [7, 11) is -0.583. The second-order valence-corrected chi connectivity index (χ2v) is 8.00. The van der Waals surface area contributed by atoms with Crippen molar-refractivity contribution in [1.82, 2.24) is 14.4 Å². The second-order valence-electron chi connectivity index (χ2n) is 5.85. The zero-order chi connectivity index (χ0) is 19.4. The lowest BCUT2D eigenvalue weighted by atomic mass is 10.2. The first-order valence-electron chi connectivity index (χ1n) is 8.05. The fourth-order valence-corrected chi connectivity index (χ4v) is 3.13. The summed E-state index contributed by atoms with van der Waals surface area (Å²) in [6.45, 7) is 0. The summed E-state index contributed by atoms with van der Waals surface area (Å²) in [6.07, 6.45) is 1.91. The molecule has 0 saturated heterocycles. The van der Waals surface area contributed by atoms with Crippen molar-refractivity contribution in [2.45, 2.75) is 17.7 Å². The number of nitrogens with zero attached hydrogens (tertiary/aromatic N) is 3. The van der Waals surface area contributed by atoms with Crippen LogP contribution in [-0.4, -0.2) is 42.9 Å². The van der Waals surface area contributed by atoms with Gasteiger partial charge in [0.2, 0.25) is 27.6 Å². The lowest BCUT2D eigenvalue weighted by Crippen LogP contribution is -2.22. The van der Waals surface area contributed by atoms with E-state index >= 15 is 0 Å². The normalized spacial score (nSPS) is 11.7. The Morgan fingerprint density at radius 1 is 1.19 bits per heavy atom. The van der Waals surface area contributed by atoms with E-state index in [1.165, 1.54) is 44.6 Å². The molecule has 0 aliphatic rings. The molecule has 3 aromatic rings. The van der Waals surface area contributed by atoms with Crippen LogP contribution in [0.3, 0.4) is 0 Å². The molecule has 0 bridgehead atoms. The molecule has 1 amide bonds. The van der Waals surface area contributed by atoms with Gasteiger partial charge in [0.05, 0.1) is 11.2 Å². The average molecular weight is 390 g/mol. The minimum absolute atomic E-state index is 0.136. The molecule has 0 radical (unpaired) electrons. The number of carbonyl (C=O) groups is 1. The number of aryl methyl sites for hydroxylation is 1. The summed E-state index contributed by atoms with van der Waals surface area (Å²) >= 11 is 0. The number of carbonyl (C=O) groups excluding carboxylic acids is 1. The number of furan rings is 1. The van der Waals surface area contributed by atoms with Crippen LogP contribution in [0.4, 0.5) is 5.69 Å². The standard InChI is InChI=1S/C17H18N4O5S/c1-21(2)27(23,24)13-7-5-12(6-8-13)18-15(22)9-10-16-19-17(20-26-16)14-4-3-11-25-14/h3-8,11H,9-10H2,1-2H3,(H,18,22). The van der Waals surface area contributed by atoms with Crippen LogP contribution in [0.1, 0.15) is 12.3 Å². The van der Waals surface area contributed by atoms with E-state index in [4.69, 9.17) is 8.94 Å². The number of amides is 1. The summed E-state index contributed by atoms with van der Waals surface area (Å²) in [4.78, 5) is 16.4. The molecule has 0 unspecified atom stereocenters. The Balaban J connectivity index is 1.55. The first-order valence-corrected chi connectivity index (χ1v) is 9.49. The fraction of sp³-hybridized carbons (Fsp3) is 0.235. The molecule has 0 fully saturated rings. The van der Waals surface area contributed by atoms with Crippen molar-refractivity contribution in [3.63, 3.8) is 0 Å². The third-order valence-corrected chi connectivity index (χ3v) is 5.52. The Morgan fingerprint density at radius 3 is 2.56 bits per heavy atom. The first kappa shape index (κ1) is 18.8. The minimum atomic E-state index is -3.50. The van der Waals surface area contributed by atoms with Crippen LogP contribution >= 0.6 is 0 Å². The second kappa shape index (κ2) is 7.72. The molecule has 0 spiro atoms. The topological polar surface area (TPSA) is 119 Å². The molecule has 10 heteroatoms. The van der Waals surface area contributed by atoms with Gasteiger partial charge in [0.15, 0.2) is 5.76 Å². The Bertz CT molecular complexity index is 1010. The van der Waals surface area contributed by atoms with Gasteiger partial charge in [-0.25, -0.2) is 12.7 Å². The van der Waals surface area contributed by atoms with E-state index in [1.807, 2.05) is 0 Å². The summed E-state index contributed by atoms with van der Waals surface area (Å²) in [6, 6.07) is 9.39. The average Bonchev–Trinajstić information content (AvgIpc) is 3.32. The Labute approximate surface area is 156 Å². The highest BCUT2D eigenvalue weighted by molar-refractivity contribution is 7.89. The molecule has 1 N–H and O–H groups in total. The lowest BCUT2D eigenvalue weighted by Gasteiger charge is -2.11. The van der Waals surface area contributed by atoms with E-state index in [9.17, 15) is 13.2 Å². The van der Waals surface area contributed by atoms with E-state index in [-0.39, 0.29) is 23.6 Å². The third kappa shape index (κ3) is 4.41. The highest BCUT2D eigenvalue weighted by atomic mass is 32.2. The zero-order valence-corrected chi connectivity index (χ0v) is 15.6. The van der Waals surface area contributed by atoms with Crippen molar-refractivity contribution in [1.29, 1.82) is 0 Å². The Kier molecular flexibility index (Phi) is 5.38. The molecule has 0 saturated carbocycles. The largest absolute Gasteiger partial charge is 0.461 e. The van der Waals surface area contributed by atoms with Crippen molar-refractivity contribution in [3.05, 3.63) is 48.6 Å². The van der Waals surface area contributed by atoms with E-state index in [0.29, 0.717) is 23.2 Å². The molecule has 2 heterocycles. The number of sulfonamides is 1. The summed E-state index contributed by atoms with van der Waals surface area (Å²) in [5, 5.41) is 6.49. The molecule has 1 aromatic carbocycles. The SMILES string of the molecule is CN(C)S(=O)(=O)c1ccc(NC(=O)CCc2nc(-c3ccco3)no2)cc1. The molecule has 0 aliphatic heterocycles. The quantitative estimate of drug-likeness (QED) is 0.656. The van der Waals surface area contributed by atoms with Crippen LogP contribution in [0.5, 0.6) is 0 Å². The number of hydrogen-bond acceptors (Lipinski definition) is 7. The molecular formula is C17H18N4O5S. The van der Waals surface area contributed by atoms with Crippen LogP contribution in [0.15, 0.2) is 56.5 Å². The first-order chi connectivity index (χ1) is 12.9. The Hall–Kier alpha value is -2.98. The molecular weight excluding hydrogens is 372 g/mol. The van der Waals surface area contributed by atoms with E-state index in [0.717, 1.165) is 4.31 Å². The molecule has 3 rings (SSSR count). The number of rotatable bonds is 7. The van der Waals surface area contributed by atoms with E-state index < -0.39 is 10.0 Å². The van der Waals surface area contributed by atoms with E-state index in [1.54, 1.807) is 12.1 Å². The van der Waals surface area contributed by atoms with Crippen LogP contribution in [0.2, 0.25) is 0 Å². The predicted octanol–water partition coefficient (Wildman–Crippen LogP) is 2.15. The number of nitrogens with one attached hydrogen (secondary N) is 1. The highest BCUT2D eigenvalue weighted by Crippen LogP contribution is 2.18. The van der Waals surface area contributed by atoms with Crippen molar-refractivity contribution >= 4 is 21.6 Å². The van der Waals surface area contributed by atoms with Crippen molar-refractivity contribution in [2.24, 2.45) is 0 Å². The van der Waals surface area contributed by atoms with Crippen molar-refractivity contribution in [2.75, 3.05) is 19.4 Å². The van der Waals surface area contributed by atoms with Gasteiger partial charge in [0.25, 0.3) is 0 Å². The zero-order valence-electron chi connectivity index (χ0n) is 14.7. The number of hydrogen-bond donors (Lipinski definition) is 1. The van der Waals surface area contributed by atoms with Gasteiger partial charge in [0, 0.05) is 32.6 Å². The minimum Gasteiger partial charge on any atom is -0.461 e.